The fourth-order valence-electron chi connectivity index (χ4n) is 1.69. The first-order valence-corrected chi connectivity index (χ1v) is 5.74. The Labute approximate surface area is 113 Å². The SMILES string of the molecule is Nc1ccccc1COc1ccc(O)cc1C(F)(F)F. The van der Waals surface area contributed by atoms with E-state index in [1.165, 1.54) is 0 Å². The van der Waals surface area contributed by atoms with Gasteiger partial charge >= 0.3 is 6.18 Å². The van der Waals surface area contributed by atoms with Crippen molar-refractivity contribution in [1.29, 1.82) is 0 Å². The monoisotopic (exact) mass is 283 g/mol. The number of hydrogen-bond acceptors (Lipinski definition) is 3. The number of nitrogens with two attached hydrogens (primary N) is 1. The predicted octanol–water partition coefficient (Wildman–Crippen LogP) is 3.57. The van der Waals surface area contributed by atoms with E-state index in [9.17, 15) is 13.2 Å². The Hall–Kier alpha value is -2.37. The average molecular weight is 283 g/mol. The number of benzene rings is 2. The molecule has 0 aliphatic carbocycles. The van der Waals surface area contributed by atoms with Crippen molar-refractivity contribution in [1.82, 2.24) is 0 Å². The van der Waals surface area contributed by atoms with E-state index in [0.29, 0.717) is 17.3 Å². The number of para-hydroxylation sites is 1. The van der Waals surface area contributed by atoms with Crippen LogP contribution in [-0.4, -0.2) is 5.11 Å². The first-order valence-electron chi connectivity index (χ1n) is 5.74. The van der Waals surface area contributed by atoms with Crippen LogP contribution in [0.2, 0.25) is 0 Å². The minimum atomic E-state index is -4.60. The molecule has 2 rings (SSSR count). The lowest BCUT2D eigenvalue weighted by Crippen LogP contribution is -2.09. The van der Waals surface area contributed by atoms with E-state index in [4.69, 9.17) is 15.6 Å². The standard InChI is InChI=1S/C14H12F3NO2/c15-14(16,17)11-7-10(19)5-6-13(11)20-8-9-3-1-2-4-12(9)18/h1-7,19H,8,18H2. The first-order chi connectivity index (χ1) is 9.38. The Balaban J connectivity index is 2.24. The molecule has 0 radical (unpaired) electrons. The molecule has 6 heteroatoms. The van der Waals surface area contributed by atoms with Gasteiger partial charge in [-0.25, -0.2) is 0 Å². The van der Waals surface area contributed by atoms with Crippen molar-refractivity contribution >= 4 is 5.69 Å². The fourth-order valence-corrected chi connectivity index (χ4v) is 1.69. The molecule has 0 amide bonds. The van der Waals surface area contributed by atoms with Crippen molar-refractivity contribution in [3.05, 3.63) is 53.6 Å². The van der Waals surface area contributed by atoms with Crippen LogP contribution in [0.3, 0.4) is 0 Å². The Morgan fingerprint density at radius 3 is 2.45 bits per heavy atom. The lowest BCUT2D eigenvalue weighted by molar-refractivity contribution is -0.139. The molecular weight excluding hydrogens is 271 g/mol. The van der Waals surface area contributed by atoms with Gasteiger partial charge < -0.3 is 15.6 Å². The summed E-state index contributed by atoms with van der Waals surface area (Å²) >= 11 is 0. The third-order valence-corrected chi connectivity index (χ3v) is 2.71. The lowest BCUT2D eigenvalue weighted by Gasteiger charge is -2.14. The van der Waals surface area contributed by atoms with E-state index in [-0.39, 0.29) is 12.4 Å². The number of anilines is 1. The summed E-state index contributed by atoms with van der Waals surface area (Å²) in [5, 5.41) is 9.15. The number of alkyl halides is 3. The zero-order valence-electron chi connectivity index (χ0n) is 10.3. The molecule has 0 saturated carbocycles. The second kappa shape index (κ2) is 5.32. The van der Waals surface area contributed by atoms with Crippen molar-refractivity contribution in [2.75, 3.05) is 5.73 Å². The van der Waals surface area contributed by atoms with Gasteiger partial charge in [-0.3, -0.25) is 0 Å². The summed E-state index contributed by atoms with van der Waals surface area (Å²) < 4.78 is 43.6. The second-order valence-electron chi connectivity index (χ2n) is 4.17. The Kier molecular flexibility index (Phi) is 3.74. The zero-order valence-corrected chi connectivity index (χ0v) is 10.3. The van der Waals surface area contributed by atoms with E-state index >= 15 is 0 Å². The maximum Gasteiger partial charge on any atom is 0.420 e. The molecule has 0 aliphatic rings. The van der Waals surface area contributed by atoms with Crippen LogP contribution in [-0.2, 0) is 12.8 Å². The molecule has 0 bridgehead atoms. The van der Waals surface area contributed by atoms with Crippen LogP contribution < -0.4 is 10.5 Å². The number of halogens is 3. The van der Waals surface area contributed by atoms with Crippen LogP contribution in [0.15, 0.2) is 42.5 Å². The predicted molar refractivity (Wildman–Crippen MR) is 68.3 cm³/mol. The minimum absolute atomic E-state index is 0.0828. The average Bonchev–Trinajstić information content (AvgIpc) is 2.38. The summed E-state index contributed by atoms with van der Waals surface area (Å²) in [5.74, 6) is -0.817. The molecule has 3 nitrogen and oxygen atoms in total. The van der Waals surface area contributed by atoms with Gasteiger partial charge in [0.25, 0.3) is 0 Å². The normalized spacial score (nSPS) is 11.3. The molecule has 3 N–H and O–H groups in total. The first kappa shape index (κ1) is 14.0. The summed E-state index contributed by atoms with van der Waals surface area (Å²) in [6.07, 6.45) is -4.60. The van der Waals surface area contributed by atoms with Crippen LogP contribution in [0.25, 0.3) is 0 Å². The van der Waals surface area contributed by atoms with Crippen LogP contribution >= 0.6 is 0 Å². The third-order valence-electron chi connectivity index (χ3n) is 2.71. The number of hydrogen-bond donors (Lipinski definition) is 2. The van der Waals surface area contributed by atoms with E-state index in [2.05, 4.69) is 0 Å². The van der Waals surface area contributed by atoms with Gasteiger partial charge in [-0.2, -0.15) is 13.2 Å². The molecule has 0 heterocycles. The second-order valence-corrected chi connectivity index (χ2v) is 4.17. The fraction of sp³-hybridized carbons (Fsp3) is 0.143. The molecule has 2 aromatic rings. The van der Waals surface area contributed by atoms with Crippen LogP contribution in [0.5, 0.6) is 11.5 Å². The van der Waals surface area contributed by atoms with Gasteiger partial charge in [-0.15, -0.1) is 0 Å². The highest BCUT2D eigenvalue weighted by Crippen LogP contribution is 2.38. The molecule has 2 aromatic carbocycles. The largest absolute Gasteiger partial charge is 0.508 e. The highest BCUT2D eigenvalue weighted by molar-refractivity contribution is 5.47. The maximum atomic E-state index is 12.8. The van der Waals surface area contributed by atoms with Crippen molar-refractivity contribution in [2.24, 2.45) is 0 Å². The number of ether oxygens (including phenoxy) is 1. The van der Waals surface area contributed by atoms with Crippen LogP contribution in [0.1, 0.15) is 11.1 Å². The van der Waals surface area contributed by atoms with Crippen molar-refractivity contribution in [3.8, 4) is 11.5 Å². The number of phenols is 1. The molecule has 106 valence electrons. The topological polar surface area (TPSA) is 55.5 Å². The number of rotatable bonds is 3. The van der Waals surface area contributed by atoms with Crippen molar-refractivity contribution < 1.29 is 23.0 Å². The van der Waals surface area contributed by atoms with Gasteiger partial charge in [0.15, 0.2) is 0 Å². The molecule has 0 aromatic heterocycles. The van der Waals surface area contributed by atoms with Crippen molar-refractivity contribution in [2.45, 2.75) is 12.8 Å². The van der Waals surface area contributed by atoms with Gasteiger partial charge in [-0.1, -0.05) is 18.2 Å². The van der Waals surface area contributed by atoms with Gasteiger partial charge in [0.05, 0.1) is 0 Å². The smallest absolute Gasteiger partial charge is 0.420 e. The number of nitrogen functional groups attached to an aromatic ring is 1. The molecule has 0 fully saturated rings. The van der Waals surface area contributed by atoms with E-state index < -0.39 is 17.5 Å². The summed E-state index contributed by atoms with van der Waals surface area (Å²) in [6.45, 7) is -0.0828. The summed E-state index contributed by atoms with van der Waals surface area (Å²) in [7, 11) is 0. The van der Waals surface area contributed by atoms with Crippen molar-refractivity contribution in [3.63, 3.8) is 0 Å². The molecule has 0 aliphatic heterocycles. The summed E-state index contributed by atoms with van der Waals surface area (Å²) in [4.78, 5) is 0. The Morgan fingerprint density at radius 1 is 1.10 bits per heavy atom. The van der Waals surface area contributed by atoms with Gasteiger partial charge in [0, 0.05) is 11.3 Å². The summed E-state index contributed by atoms with van der Waals surface area (Å²) in [6, 6.07) is 9.60. The minimum Gasteiger partial charge on any atom is -0.508 e. The molecule has 0 unspecified atom stereocenters. The number of aromatic hydroxyl groups is 1. The zero-order chi connectivity index (χ0) is 14.8. The van der Waals surface area contributed by atoms with Gasteiger partial charge in [0.1, 0.15) is 23.7 Å². The van der Waals surface area contributed by atoms with E-state index in [0.717, 1.165) is 12.1 Å². The lowest BCUT2D eigenvalue weighted by atomic mass is 10.1. The molecule has 20 heavy (non-hydrogen) atoms. The van der Waals surface area contributed by atoms with E-state index in [1.807, 2.05) is 0 Å². The van der Waals surface area contributed by atoms with Crippen LogP contribution in [0, 0.1) is 0 Å². The number of phenolic OH excluding ortho intramolecular Hbond substituents is 1. The van der Waals surface area contributed by atoms with Gasteiger partial charge in [-0.05, 0) is 24.3 Å². The highest BCUT2D eigenvalue weighted by Gasteiger charge is 2.34. The molecule has 0 spiro atoms. The third kappa shape index (κ3) is 3.14. The highest BCUT2D eigenvalue weighted by atomic mass is 19.4. The van der Waals surface area contributed by atoms with Gasteiger partial charge in [0.2, 0.25) is 0 Å². The van der Waals surface area contributed by atoms with E-state index in [1.54, 1.807) is 24.3 Å². The molecule has 0 atom stereocenters. The Bertz CT molecular complexity index is 612. The molecular formula is C14H12F3NO2. The maximum absolute atomic E-state index is 12.8. The Morgan fingerprint density at radius 2 is 1.80 bits per heavy atom. The summed E-state index contributed by atoms with van der Waals surface area (Å²) in [5.41, 5.74) is 5.70. The molecule has 0 saturated heterocycles. The van der Waals surface area contributed by atoms with Crippen LogP contribution in [0.4, 0.5) is 18.9 Å². The quantitative estimate of drug-likeness (QED) is 0.847.